The van der Waals surface area contributed by atoms with Gasteiger partial charge in [-0.25, -0.2) is 4.79 Å². The van der Waals surface area contributed by atoms with E-state index in [9.17, 15) is 9.90 Å². The van der Waals surface area contributed by atoms with Crippen LogP contribution in [0, 0.1) is 0 Å². The zero-order chi connectivity index (χ0) is 15.4. The summed E-state index contributed by atoms with van der Waals surface area (Å²) in [6, 6.07) is 10.1. The predicted molar refractivity (Wildman–Crippen MR) is 78.5 cm³/mol. The fourth-order valence-corrected chi connectivity index (χ4v) is 2.09. The Kier molecular flexibility index (Phi) is 4.33. The Morgan fingerprint density at radius 2 is 1.48 bits per heavy atom. The van der Waals surface area contributed by atoms with Crippen LogP contribution < -0.4 is 14.2 Å². The Bertz CT molecular complexity index is 664. The van der Waals surface area contributed by atoms with E-state index < -0.39 is 5.97 Å². The number of hydrogen-bond acceptors (Lipinski definition) is 4. The molecular weight excluding hydrogens is 272 g/mol. The molecule has 0 aliphatic rings. The molecule has 0 saturated carbocycles. The van der Waals surface area contributed by atoms with Gasteiger partial charge < -0.3 is 19.3 Å². The number of hydrogen-bond donors (Lipinski definition) is 1. The summed E-state index contributed by atoms with van der Waals surface area (Å²) in [7, 11) is 4.58. The Morgan fingerprint density at radius 1 is 0.857 bits per heavy atom. The van der Waals surface area contributed by atoms with Crippen molar-refractivity contribution in [2.45, 2.75) is 0 Å². The number of carboxylic acid groups (broad SMARTS) is 1. The summed E-state index contributed by atoms with van der Waals surface area (Å²) in [6.45, 7) is 0. The molecule has 0 saturated heterocycles. The second kappa shape index (κ2) is 6.17. The molecule has 2 aromatic rings. The molecule has 1 N–H and O–H groups in total. The maximum Gasteiger partial charge on any atom is 0.336 e. The molecule has 5 heteroatoms. The van der Waals surface area contributed by atoms with Gasteiger partial charge in [0.05, 0.1) is 26.9 Å². The van der Waals surface area contributed by atoms with E-state index in [1.54, 1.807) is 37.4 Å². The van der Waals surface area contributed by atoms with E-state index in [4.69, 9.17) is 14.2 Å². The third-order valence-electron chi connectivity index (χ3n) is 3.15. The van der Waals surface area contributed by atoms with E-state index in [0.717, 1.165) is 0 Å². The molecule has 0 aliphatic carbocycles. The zero-order valence-corrected chi connectivity index (χ0v) is 12.0. The van der Waals surface area contributed by atoms with Crippen molar-refractivity contribution in [2.24, 2.45) is 0 Å². The molecule has 0 aliphatic heterocycles. The molecule has 21 heavy (non-hydrogen) atoms. The molecule has 110 valence electrons. The van der Waals surface area contributed by atoms with Crippen molar-refractivity contribution in [3.05, 3.63) is 42.0 Å². The van der Waals surface area contributed by atoms with Crippen LogP contribution in [0.1, 0.15) is 10.4 Å². The standard InChI is InChI=1S/C16H16O5/c1-19-10-4-6-12(14(9-10)16(17)18)13-8-11(20-2)5-7-15(13)21-3/h4-9H,1-3H3,(H,17,18). The number of aromatic carboxylic acids is 1. The topological polar surface area (TPSA) is 65.0 Å². The molecule has 0 aromatic heterocycles. The van der Waals surface area contributed by atoms with Crippen LogP contribution in [0.4, 0.5) is 0 Å². The van der Waals surface area contributed by atoms with Crippen LogP contribution in [0.25, 0.3) is 11.1 Å². The van der Waals surface area contributed by atoms with Gasteiger partial charge in [0.1, 0.15) is 17.2 Å². The van der Waals surface area contributed by atoms with Gasteiger partial charge in [-0.3, -0.25) is 0 Å². The lowest BCUT2D eigenvalue weighted by Crippen LogP contribution is -2.01. The highest BCUT2D eigenvalue weighted by atomic mass is 16.5. The lowest BCUT2D eigenvalue weighted by Gasteiger charge is -2.13. The smallest absolute Gasteiger partial charge is 0.336 e. The molecule has 0 atom stereocenters. The Balaban J connectivity index is 2.68. The van der Waals surface area contributed by atoms with E-state index in [0.29, 0.717) is 28.4 Å². The summed E-state index contributed by atoms with van der Waals surface area (Å²) in [5.74, 6) is 0.646. The van der Waals surface area contributed by atoms with Crippen molar-refractivity contribution in [1.29, 1.82) is 0 Å². The second-order valence-electron chi connectivity index (χ2n) is 4.28. The summed E-state index contributed by atoms with van der Waals surface area (Å²) in [4.78, 5) is 11.5. The summed E-state index contributed by atoms with van der Waals surface area (Å²) >= 11 is 0. The van der Waals surface area contributed by atoms with Gasteiger partial charge in [0.2, 0.25) is 0 Å². The number of benzene rings is 2. The largest absolute Gasteiger partial charge is 0.497 e. The molecule has 0 heterocycles. The van der Waals surface area contributed by atoms with Crippen LogP contribution >= 0.6 is 0 Å². The van der Waals surface area contributed by atoms with Gasteiger partial charge in [0.15, 0.2) is 0 Å². The molecule has 5 nitrogen and oxygen atoms in total. The fourth-order valence-electron chi connectivity index (χ4n) is 2.09. The van der Waals surface area contributed by atoms with Crippen molar-refractivity contribution >= 4 is 5.97 Å². The van der Waals surface area contributed by atoms with Crippen LogP contribution in [-0.2, 0) is 0 Å². The SMILES string of the molecule is COc1ccc(-c2cc(OC)ccc2OC)c(C(=O)O)c1. The van der Waals surface area contributed by atoms with Gasteiger partial charge in [0, 0.05) is 11.1 Å². The minimum absolute atomic E-state index is 0.140. The van der Waals surface area contributed by atoms with Crippen molar-refractivity contribution in [3.8, 4) is 28.4 Å². The average Bonchev–Trinajstić information content (AvgIpc) is 2.53. The summed E-state index contributed by atoms with van der Waals surface area (Å²) in [5, 5.41) is 9.41. The molecule has 0 unspecified atom stereocenters. The third-order valence-corrected chi connectivity index (χ3v) is 3.15. The maximum absolute atomic E-state index is 11.5. The monoisotopic (exact) mass is 288 g/mol. The van der Waals surface area contributed by atoms with Gasteiger partial charge in [-0.2, -0.15) is 0 Å². The second-order valence-corrected chi connectivity index (χ2v) is 4.28. The predicted octanol–water partition coefficient (Wildman–Crippen LogP) is 3.08. The summed E-state index contributed by atoms with van der Waals surface area (Å²) in [5.41, 5.74) is 1.33. The molecule has 2 aromatic carbocycles. The van der Waals surface area contributed by atoms with Crippen molar-refractivity contribution in [3.63, 3.8) is 0 Å². The van der Waals surface area contributed by atoms with Gasteiger partial charge in [-0.05, 0) is 36.4 Å². The van der Waals surface area contributed by atoms with Gasteiger partial charge in [-0.15, -0.1) is 0 Å². The first-order valence-electron chi connectivity index (χ1n) is 6.24. The minimum Gasteiger partial charge on any atom is -0.497 e. The minimum atomic E-state index is -1.03. The highest BCUT2D eigenvalue weighted by Gasteiger charge is 2.17. The van der Waals surface area contributed by atoms with Crippen LogP contribution in [0.3, 0.4) is 0 Å². The Hall–Kier alpha value is -2.69. The average molecular weight is 288 g/mol. The first-order chi connectivity index (χ1) is 10.1. The van der Waals surface area contributed by atoms with Gasteiger partial charge >= 0.3 is 5.97 Å². The van der Waals surface area contributed by atoms with E-state index in [-0.39, 0.29) is 5.56 Å². The number of ether oxygens (including phenoxy) is 3. The highest BCUT2D eigenvalue weighted by molar-refractivity contribution is 5.97. The number of carbonyl (C=O) groups is 1. The fraction of sp³-hybridized carbons (Fsp3) is 0.188. The quantitative estimate of drug-likeness (QED) is 0.916. The van der Waals surface area contributed by atoms with Crippen LogP contribution in [0.15, 0.2) is 36.4 Å². The van der Waals surface area contributed by atoms with E-state index >= 15 is 0 Å². The van der Waals surface area contributed by atoms with Gasteiger partial charge in [0.25, 0.3) is 0 Å². The lowest BCUT2D eigenvalue weighted by molar-refractivity contribution is 0.0697. The molecule has 0 amide bonds. The van der Waals surface area contributed by atoms with Crippen LogP contribution in [-0.4, -0.2) is 32.4 Å². The van der Waals surface area contributed by atoms with E-state index in [1.165, 1.54) is 20.3 Å². The third kappa shape index (κ3) is 2.91. The normalized spacial score (nSPS) is 10.0. The molecule has 0 bridgehead atoms. The van der Waals surface area contributed by atoms with Crippen molar-refractivity contribution < 1.29 is 24.1 Å². The van der Waals surface area contributed by atoms with E-state index in [2.05, 4.69) is 0 Å². The van der Waals surface area contributed by atoms with Crippen LogP contribution in [0.5, 0.6) is 17.2 Å². The first-order valence-corrected chi connectivity index (χ1v) is 6.24. The molecular formula is C16H16O5. The number of carboxylic acids is 1. The Morgan fingerprint density at radius 3 is 2.05 bits per heavy atom. The highest BCUT2D eigenvalue weighted by Crippen LogP contribution is 2.36. The first kappa shape index (κ1) is 14.7. The van der Waals surface area contributed by atoms with Crippen molar-refractivity contribution in [2.75, 3.05) is 21.3 Å². The van der Waals surface area contributed by atoms with Crippen molar-refractivity contribution in [1.82, 2.24) is 0 Å². The summed E-state index contributed by atoms with van der Waals surface area (Å²) in [6.07, 6.45) is 0. The maximum atomic E-state index is 11.5. The van der Waals surface area contributed by atoms with E-state index in [1.807, 2.05) is 0 Å². The molecule has 0 radical (unpaired) electrons. The molecule has 0 spiro atoms. The zero-order valence-electron chi connectivity index (χ0n) is 12.0. The summed E-state index contributed by atoms with van der Waals surface area (Å²) < 4.78 is 15.6. The number of methoxy groups -OCH3 is 3. The van der Waals surface area contributed by atoms with Gasteiger partial charge in [-0.1, -0.05) is 0 Å². The lowest BCUT2D eigenvalue weighted by atomic mass is 9.98. The number of rotatable bonds is 5. The Labute approximate surface area is 122 Å². The molecule has 0 fully saturated rings. The molecule has 2 rings (SSSR count). The van der Waals surface area contributed by atoms with Crippen LogP contribution in [0.2, 0.25) is 0 Å².